The Bertz CT molecular complexity index is 616. The van der Waals surface area contributed by atoms with Gasteiger partial charge in [0.2, 0.25) is 0 Å². The van der Waals surface area contributed by atoms with E-state index in [1.54, 1.807) is 25.3 Å². The van der Waals surface area contributed by atoms with Crippen molar-refractivity contribution in [3.63, 3.8) is 0 Å². The van der Waals surface area contributed by atoms with E-state index in [9.17, 15) is 9.59 Å². The molecule has 3 N–H and O–H groups in total. The molecule has 1 aromatic rings. The monoisotopic (exact) mass is 351 g/mol. The van der Waals surface area contributed by atoms with E-state index in [-0.39, 0.29) is 24.7 Å². The third kappa shape index (κ3) is 4.99. The quantitative estimate of drug-likeness (QED) is 0.660. The van der Waals surface area contributed by atoms with E-state index in [4.69, 9.17) is 14.6 Å². The van der Waals surface area contributed by atoms with Crippen molar-refractivity contribution in [3.8, 4) is 11.5 Å². The van der Waals surface area contributed by atoms with Crippen LogP contribution < -0.4 is 20.1 Å². The third-order valence-corrected chi connectivity index (χ3v) is 4.35. The molecule has 8 heteroatoms. The van der Waals surface area contributed by atoms with Gasteiger partial charge >= 0.3 is 12.0 Å². The normalized spacial score (nSPS) is 19.0. The van der Waals surface area contributed by atoms with Crippen LogP contribution in [0.1, 0.15) is 19.8 Å². The molecule has 8 nitrogen and oxygen atoms in total. The molecule has 0 unspecified atom stereocenters. The SMILES string of the molecule is CCN(CC(=O)O)C1CC(NC(=O)Nc2ccc(OC)c(OC)c2)C1. The number of carboxylic acids is 1. The highest BCUT2D eigenvalue weighted by Gasteiger charge is 2.34. The molecule has 0 heterocycles. The molecule has 1 saturated carbocycles. The Morgan fingerprint density at radius 2 is 1.92 bits per heavy atom. The van der Waals surface area contributed by atoms with Crippen LogP contribution in [-0.4, -0.2) is 61.4 Å². The lowest BCUT2D eigenvalue weighted by Crippen LogP contribution is -2.55. The first-order valence-corrected chi connectivity index (χ1v) is 8.22. The van der Waals surface area contributed by atoms with E-state index >= 15 is 0 Å². The molecule has 0 spiro atoms. The molecule has 0 bridgehead atoms. The number of amides is 2. The number of nitrogens with one attached hydrogen (secondary N) is 2. The average molecular weight is 351 g/mol. The van der Waals surface area contributed by atoms with Crippen molar-refractivity contribution < 1.29 is 24.2 Å². The minimum Gasteiger partial charge on any atom is -0.493 e. The minimum atomic E-state index is -0.829. The fraction of sp³-hybridized carbons (Fsp3) is 0.529. The maximum absolute atomic E-state index is 12.1. The van der Waals surface area contributed by atoms with Gasteiger partial charge in [0.1, 0.15) is 0 Å². The van der Waals surface area contributed by atoms with Gasteiger partial charge in [0.05, 0.1) is 20.8 Å². The highest BCUT2D eigenvalue weighted by molar-refractivity contribution is 5.90. The summed E-state index contributed by atoms with van der Waals surface area (Å²) in [5.74, 6) is 0.300. The Labute approximate surface area is 147 Å². The predicted octanol–water partition coefficient (Wildman–Crippen LogP) is 1.76. The number of nitrogens with zero attached hydrogens (tertiary/aromatic N) is 1. The molecule has 1 aliphatic carbocycles. The van der Waals surface area contributed by atoms with Crippen molar-refractivity contribution in [3.05, 3.63) is 18.2 Å². The number of methoxy groups -OCH3 is 2. The second-order valence-corrected chi connectivity index (χ2v) is 5.95. The first-order valence-electron chi connectivity index (χ1n) is 8.22. The number of anilines is 1. The highest BCUT2D eigenvalue weighted by Crippen LogP contribution is 2.30. The van der Waals surface area contributed by atoms with Gasteiger partial charge in [-0.2, -0.15) is 0 Å². The average Bonchev–Trinajstić information content (AvgIpc) is 2.55. The van der Waals surface area contributed by atoms with E-state index in [0.29, 0.717) is 23.7 Å². The number of benzene rings is 1. The van der Waals surface area contributed by atoms with Crippen molar-refractivity contribution in [1.29, 1.82) is 0 Å². The van der Waals surface area contributed by atoms with E-state index < -0.39 is 5.97 Å². The van der Waals surface area contributed by atoms with Crippen LogP contribution >= 0.6 is 0 Å². The Balaban J connectivity index is 1.81. The Morgan fingerprint density at radius 1 is 1.24 bits per heavy atom. The Kier molecular flexibility index (Phi) is 6.46. The molecule has 0 radical (unpaired) electrons. The second kappa shape index (κ2) is 8.57. The van der Waals surface area contributed by atoms with Gasteiger partial charge in [-0.3, -0.25) is 9.69 Å². The molecule has 2 amide bonds. The largest absolute Gasteiger partial charge is 0.493 e. The van der Waals surface area contributed by atoms with Crippen molar-refractivity contribution >= 4 is 17.7 Å². The third-order valence-electron chi connectivity index (χ3n) is 4.35. The van der Waals surface area contributed by atoms with Crippen LogP contribution in [-0.2, 0) is 4.79 Å². The zero-order valence-electron chi connectivity index (χ0n) is 14.7. The molecule has 138 valence electrons. The molecule has 0 aliphatic heterocycles. The Hall–Kier alpha value is -2.48. The standard InChI is InChI=1S/C17H25N3O5/c1-4-20(10-16(21)22)13-7-12(8-13)19-17(23)18-11-5-6-14(24-2)15(9-11)25-3/h5-6,9,12-13H,4,7-8,10H2,1-3H3,(H,21,22)(H2,18,19,23). The summed E-state index contributed by atoms with van der Waals surface area (Å²) in [6.45, 7) is 2.65. The molecular weight excluding hydrogens is 326 g/mol. The zero-order chi connectivity index (χ0) is 18.4. The van der Waals surface area contributed by atoms with Crippen LogP contribution in [0.15, 0.2) is 18.2 Å². The molecule has 1 aliphatic rings. The van der Waals surface area contributed by atoms with Crippen LogP contribution in [0, 0.1) is 0 Å². The lowest BCUT2D eigenvalue weighted by atomic mass is 9.85. The topological polar surface area (TPSA) is 100 Å². The summed E-state index contributed by atoms with van der Waals surface area (Å²) in [7, 11) is 3.08. The van der Waals surface area contributed by atoms with Gasteiger partial charge in [0.25, 0.3) is 0 Å². The lowest BCUT2D eigenvalue weighted by Gasteiger charge is -2.42. The van der Waals surface area contributed by atoms with Gasteiger partial charge in [0, 0.05) is 23.8 Å². The maximum Gasteiger partial charge on any atom is 0.319 e. The number of aliphatic carboxylic acids is 1. The number of carbonyl (C=O) groups is 2. The number of likely N-dealkylation sites (N-methyl/N-ethyl adjacent to an activating group) is 1. The summed E-state index contributed by atoms with van der Waals surface area (Å²) in [5, 5.41) is 14.6. The molecular formula is C17H25N3O5. The summed E-state index contributed by atoms with van der Waals surface area (Å²) in [4.78, 5) is 24.8. The number of hydrogen-bond acceptors (Lipinski definition) is 5. The number of ether oxygens (including phenoxy) is 2. The van der Waals surface area contributed by atoms with Gasteiger partial charge in [-0.25, -0.2) is 4.79 Å². The smallest absolute Gasteiger partial charge is 0.319 e. The van der Waals surface area contributed by atoms with E-state index in [0.717, 1.165) is 12.8 Å². The lowest BCUT2D eigenvalue weighted by molar-refractivity contribution is -0.139. The number of urea groups is 1. The second-order valence-electron chi connectivity index (χ2n) is 5.95. The van der Waals surface area contributed by atoms with Crippen molar-refractivity contribution in [2.45, 2.75) is 31.8 Å². The van der Waals surface area contributed by atoms with E-state index in [1.807, 2.05) is 11.8 Å². The fourth-order valence-electron chi connectivity index (χ4n) is 2.94. The van der Waals surface area contributed by atoms with Gasteiger partial charge < -0.3 is 25.2 Å². The van der Waals surface area contributed by atoms with Gasteiger partial charge in [0.15, 0.2) is 11.5 Å². The zero-order valence-corrected chi connectivity index (χ0v) is 14.7. The Morgan fingerprint density at radius 3 is 2.48 bits per heavy atom. The van der Waals surface area contributed by atoms with Crippen LogP contribution in [0.4, 0.5) is 10.5 Å². The summed E-state index contributed by atoms with van der Waals surface area (Å²) >= 11 is 0. The van der Waals surface area contributed by atoms with Gasteiger partial charge in [-0.05, 0) is 31.5 Å². The summed E-state index contributed by atoms with van der Waals surface area (Å²) in [6, 6.07) is 5.10. The molecule has 1 fully saturated rings. The molecule has 0 saturated heterocycles. The molecule has 25 heavy (non-hydrogen) atoms. The van der Waals surface area contributed by atoms with E-state index in [1.165, 1.54) is 7.11 Å². The number of rotatable bonds is 8. The number of carboxylic acid groups (broad SMARTS) is 1. The highest BCUT2D eigenvalue weighted by atomic mass is 16.5. The molecule has 1 aromatic carbocycles. The number of hydrogen-bond donors (Lipinski definition) is 3. The van der Waals surface area contributed by atoms with Gasteiger partial charge in [-0.15, -0.1) is 0 Å². The van der Waals surface area contributed by atoms with Crippen molar-refractivity contribution in [2.75, 3.05) is 32.6 Å². The first-order chi connectivity index (χ1) is 12.0. The van der Waals surface area contributed by atoms with Crippen molar-refractivity contribution in [1.82, 2.24) is 10.2 Å². The van der Waals surface area contributed by atoms with E-state index in [2.05, 4.69) is 10.6 Å². The number of carbonyl (C=O) groups excluding carboxylic acids is 1. The molecule has 0 atom stereocenters. The van der Waals surface area contributed by atoms with Crippen molar-refractivity contribution in [2.24, 2.45) is 0 Å². The summed E-state index contributed by atoms with van der Waals surface area (Å²) in [6.07, 6.45) is 1.50. The molecule has 2 rings (SSSR count). The van der Waals surface area contributed by atoms with Gasteiger partial charge in [-0.1, -0.05) is 6.92 Å². The summed E-state index contributed by atoms with van der Waals surface area (Å²) < 4.78 is 10.4. The fourth-order valence-corrected chi connectivity index (χ4v) is 2.94. The molecule has 0 aromatic heterocycles. The maximum atomic E-state index is 12.1. The van der Waals surface area contributed by atoms with Crippen LogP contribution in [0.2, 0.25) is 0 Å². The van der Waals surface area contributed by atoms with Crippen LogP contribution in [0.3, 0.4) is 0 Å². The van der Waals surface area contributed by atoms with Crippen LogP contribution in [0.5, 0.6) is 11.5 Å². The minimum absolute atomic E-state index is 0.0335. The predicted molar refractivity (Wildman–Crippen MR) is 93.4 cm³/mol. The summed E-state index contributed by atoms with van der Waals surface area (Å²) in [5.41, 5.74) is 0.604. The van der Waals surface area contributed by atoms with Crippen LogP contribution in [0.25, 0.3) is 0 Å². The first kappa shape index (κ1) is 18.9.